The summed E-state index contributed by atoms with van der Waals surface area (Å²) in [5.41, 5.74) is 4.14. The van der Waals surface area contributed by atoms with Gasteiger partial charge in [0.1, 0.15) is 0 Å². The zero-order chi connectivity index (χ0) is 30.5. The Hall–Kier alpha value is -2.88. The summed E-state index contributed by atoms with van der Waals surface area (Å²) in [6.07, 6.45) is -0.678. The van der Waals surface area contributed by atoms with Gasteiger partial charge in [-0.15, -0.1) is 5.10 Å². The van der Waals surface area contributed by atoms with Gasteiger partial charge in [-0.2, -0.15) is 13.2 Å². The van der Waals surface area contributed by atoms with Crippen molar-refractivity contribution in [3.05, 3.63) is 85.8 Å². The monoisotopic (exact) mass is 632 g/mol. The molecule has 1 aliphatic heterocycles. The summed E-state index contributed by atoms with van der Waals surface area (Å²) in [7, 11) is 0. The highest BCUT2D eigenvalue weighted by Crippen LogP contribution is 2.58. The van der Waals surface area contributed by atoms with E-state index in [9.17, 15) is 23.1 Å². The van der Waals surface area contributed by atoms with Crippen LogP contribution in [-0.2, 0) is 19.5 Å². The predicted molar refractivity (Wildman–Crippen MR) is 162 cm³/mol. The molecule has 0 saturated heterocycles. The van der Waals surface area contributed by atoms with Crippen molar-refractivity contribution in [2.45, 2.75) is 83.3 Å². The molecule has 2 heterocycles. The largest absolute Gasteiger partial charge is 0.416 e. The molecule has 2 aromatic carbocycles. The van der Waals surface area contributed by atoms with E-state index in [0.29, 0.717) is 21.5 Å². The molecular weight excluding hydrogens is 600 g/mol. The lowest BCUT2D eigenvalue weighted by Gasteiger charge is -2.39. The molecular formula is C32H33Cl2F3N4O2. The number of aliphatic hydroxyl groups excluding tert-OH is 1. The molecule has 3 atom stereocenters. The molecule has 43 heavy (non-hydrogen) atoms. The first-order valence-electron chi connectivity index (χ1n) is 14.7. The van der Waals surface area contributed by atoms with Gasteiger partial charge in [-0.3, -0.25) is 9.56 Å². The van der Waals surface area contributed by atoms with Crippen LogP contribution in [0.15, 0.2) is 69.5 Å². The summed E-state index contributed by atoms with van der Waals surface area (Å²) in [6, 6.07) is 14.1. The fraction of sp³-hybridized carbons (Fsp3) is 0.469. The fourth-order valence-electron chi connectivity index (χ4n) is 6.88. The number of nitrogens with zero attached hydrogens (tertiary/aromatic N) is 4. The minimum absolute atomic E-state index is 0.0294. The molecule has 6 nitrogen and oxygen atoms in total. The van der Waals surface area contributed by atoms with Gasteiger partial charge in [0.25, 0.3) is 0 Å². The number of aromatic nitrogens is 3. The van der Waals surface area contributed by atoms with Gasteiger partial charge in [0, 0.05) is 15.6 Å². The van der Waals surface area contributed by atoms with Gasteiger partial charge in [-0.05, 0) is 109 Å². The molecule has 11 heteroatoms. The molecule has 2 unspecified atom stereocenters. The number of benzene rings is 2. The summed E-state index contributed by atoms with van der Waals surface area (Å²) < 4.78 is 42.1. The van der Waals surface area contributed by atoms with Crippen molar-refractivity contribution in [2.24, 2.45) is 16.3 Å². The third-order valence-corrected chi connectivity index (χ3v) is 9.68. The highest BCUT2D eigenvalue weighted by Gasteiger charge is 2.50. The Bertz CT molecular complexity index is 1640. The van der Waals surface area contributed by atoms with Gasteiger partial charge in [-0.1, -0.05) is 42.3 Å². The van der Waals surface area contributed by atoms with Crippen molar-refractivity contribution in [1.82, 2.24) is 14.3 Å². The maximum atomic E-state index is 13.6. The first-order valence-corrected chi connectivity index (χ1v) is 15.4. The Labute approximate surface area is 257 Å². The van der Waals surface area contributed by atoms with Crippen molar-refractivity contribution < 1.29 is 18.3 Å². The van der Waals surface area contributed by atoms with Gasteiger partial charge in [0.15, 0.2) is 11.9 Å². The second-order valence-corrected chi connectivity index (χ2v) is 13.0. The Morgan fingerprint density at radius 1 is 1.12 bits per heavy atom. The van der Waals surface area contributed by atoms with E-state index >= 15 is 0 Å². The lowest BCUT2D eigenvalue weighted by atomic mass is 9.65. The number of hydrogen-bond acceptors (Lipinski definition) is 4. The summed E-state index contributed by atoms with van der Waals surface area (Å²) in [6.45, 7) is 1.42. The maximum Gasteiger partial charge on any atom is 0.416 e. The first kappa shape index (κ1) is 30.2. The lowest BCUT2D eigenvalue weighted by molar-refractivity contribution is -0.207. The van der Waals surface area contributed by atoms with Crippen LogP contribution in [0, 0.1) is 11.3 Å². The molecule has 0 bridgehead atoms. The molecule has 0 radical (unpaired) electrons. The highest BCUT2D eigenvalue weighted by molar-refractivity contribution is 6.30. The van der Waals surface area contributed by atoms with Crippen molar-refractivity contribution >= 4 is 28.9 Å². The number of aliphatic imine (C=N–C) groups is 1. The SMILES string of the molecule is CC1(C2CC2)CCCC2=C1C(CCc1cccc(Cl)c1)N=C2Cn1nc(-c2ccc(Cl)cc2)n(C[C@H](O)C(F)(F)F)c1=O. The van der Waals surface area contributed by atoms with Crippen LogP contribution in [-0.4, -0.2) is 43.5 Å². The van der Waals surface area contributed by atoms with Crippen LogP contribution in [0.2, 0.25) is 10.0 Å². The zero-order valence-electron chi connectivity index (χ0n) is 23.7. The number of rotatable bonds is 9. The van der Waals surface area contributed by atoms with Gasteiger partial charge in [-0.25, -0.2) is 9.48 Å². The van der Waals surface area contributed by atoms with E-state index in [4.69, 9.17) is 28.2 Å². The van der Waals surface area contributed by atoms with Gasteiger partial charge < -0.3 is 5.11 Å². The van der Waals surface area contributed by atoms with Gasteiger partial charge >= 0.3 is 11.9 Å². The zero-order valence-corrected chi connectivity index (χ0v) is 25.3. The summed E-state index contributed by atoms with van der Waals surface area (Å²) in [5.74, 6) is 0.644. The fourth-order valence-corrected chi connectivity index (χ4v) is 7.22. The average Bonchev–Trinajstić information content (AvgIpc) is 3.71. The molecule has 6 rings (SSSR count). The number of aryl methyl sites for hydroxylation is 1. The minimum atomic E-state index is -4.89. The van der Waals surface area contributed by atoms with Gasteiger partial charge in [0.2, 0.25) is 0 Å². The Balaban J connectivity index is 1.37. The second kappa shape index (κ2) is 11.6. The van der Waals surface area contributed by atoms with E-state index < -0.39 is 24.5 Å². The Kier molecular flexibility index (Phi) is 8.11. The molecule has 1 N–H and O–H groups in total. The minimum Gasteiger partial charge on any atom is -0.382 e. The summed E-state index contributed by atoms with van der Waals surface area (Å²) in [4.78, 5) is 18.8. The highest BCUT2D eigenvalue weighted by atomic mass is 35.5. The van der Waals surface area contributed by atoms with Crippen LogP contribution in [0.3, 0.4) is 0 Å². The van der Waals surface area contributed by atoms with Crippen LogP contribution in [0.25, 0.3) is 11.4 Å². The molecule has 1 aromatic heterocycles. The lowest BCUT2D eigenvalue weighted by Crippen LogP contribution is -2.37. The molecule has 0 amide bonds. The van der Waals surface area contributed by atoms with E-state index in [2.05, 4.69) is 18.1 Å². The molecule has 1 fully saturated rings. The first-order chi connectivity index (χ1) is 20.4. The van der Waals surface area contributed by atoms with Crippen LogP contribution in [0.4, 0.5) is 13.2 Å². The van der Waals surface area contributed by atoms with E-state index in [0.717, 1.165) is 47.9 Å². The van der Waals surface area contributed by atoms with Crippen LogP contribution < -0.4 is 5.69 Å². The number of allylic oxidation sites excluding steroid dienone is 1. The average molecular weight is 634 g/mol. The van der Waals surface area contributed by atoms with Crippen LogP contribution >= 0.6 is 23.2 Å². The topological polar surface area (TPSA) is 72.4 Å². The van der Waals surface area contributed by atoms with Crippen LogP contribution in [0.1, 0.15) is 51.0 Å². The van der Waals surface area contributed by atoms with Crippen molar-refractivity contribution in [2.75, 3.05) is 0 Å². The standard InChI is InChI=1S/C32H33Cl2F3N4O2/c1-31(21-10-11-21)15-3-6-24-26(38-25(28(24)31)14-7-19-4-2-5-23(34)16-19)17-41-30(43)40(18-27(42)32(35,36)37)29(39-41)20-8-12-22(33)13-9-20/h2,4-5,8-9,12-13,16,21,25,27,42H,3,6-7,10-11,14-15,17-18H2,1H3/t25?,27-,31?/m0/s1. The predicted octanol–water partition coefficient (Wildman–Crippen LogP) is 7.29. The normalized spacial score (nSPS) is 23.0. The molecule has 3 aromatic rings. The number of aliphatic hydroxyl groups is 1. The molecule has 1 saturated carbocycles. The smallest absolute Gasteiger partial charge is 0.382 e. The van der Waals surface area contributed by atoms with Crippen molar-refractivity contribution in [1.29, 1.82) is 0 Å². The number of halogens is 5. The summed E-state index contributed by atoms with van der Waals surface area (Å²) >= 11 is 12.3. The quantitative estimate of drug-likeness (QED) is 0.269. The third kappa shape index (κ3) is 6.08. The van der Waals surface area contributed by atoms with Crippen molar-refractivity contribution in [3.63, 3.8) is 0 Å². The third-order valence-electron chi connectivity index (χ3n) is 9.19. The number of alkyl halides is 3. The van der Waals surface area contributed by atoms with E-state index in [1.807, 2.05) is 18.2 Å². The van der Waals surface area contributed by atoms with Gasteiger partial charge in [0.05, 0.1) is 24.8 Å². The second-order valence-electron chi connectivity index (χ2n) is 12.1. The van der Waals surface area contributed by atoms with E-state index in [-0.39, 0.29) is 23.8 Å². The maximum absolute atomic E-state index is 13.6. The Morgan fingerprint density at radius 3 is 2.53 bits per heavy atom. The molecule has 228 valence electrons. The molecule has 3 aliphatic rings. The summed E-state index contributed by atoms with van der Waals surface area (Å²) in [5, 5.41) is 15.5. The van der Waals surface area contributed by atoms with Crippen LogP contribution in [0.5, 0.6) is 0 Å². The van der Waals surface area contributed by atoms with Crippen molar-refractivity contribution in [3.8, 4) is 11.4 Å². The van der Waals surface area contributed by atoms with E-state index in [1.54, 1.807) is 24.3 Å². The number of hydrogen-bond donors (Lipinski definition) is 1. The molecule has 2 aliphatic carbocycles. The Morgan fingerprint density at radius 2 is 1.86 bits per heavy atom. The molecule has 0 spiro atoms. The van der Waals surface area contributed by atoms with E-state index in [1.165, 1.54) is 28.7 Å².